The Bertz CT molecular complexity index is 986. The van der Waals surface area contributed by atoms with Gasteiger partial charge in [0.15, 0.2) is 0 Å². The fourth-order valence-electron chi connectivity index (χ4n) is 2.93. The molecule has 1 aromatic heterocycles. The zero-order chi connectivity index (χ0) is 18.0. The standard InChI is InChI=1S/C19H19N3O2S/c1-13(2)15-8-9-17(25(20,23)24)19(16-10-11-21-12-22-16)18(15)14-6-4-3-5-7-14/h3-13H,1-2H3,(H2,20,23,24). The van der Waals surface area contributed by atoms with Crippen LogP contribution in [0.1, 0.15) is 25.3 Å². The quantitative estimate of drug-likeness (QED) is 0.777. The Morgan fingerprint density at radius 2 is 1.68 bits per heavy atom. The molecule has 6 heteroatoms. The van der Waals surface area contributed by atoms with E-state index in [9.17, 15) is 8.42 Å². The molecule has 25 heavy (non-hydrogen) atoms. The van der Waals surface area contributed by atoms with Gasteiger partial charge in [0.25, 0.3) is 0 Å². The van der Waals surface area contributed by atoms with Gasteiger partial charge >= 0.3 is 0 Å². The van der Waals surface area contributed by atoms with Gasteiger partial charge in [-0.15, -0.1) is 0 Å². The minimum atomic E-state index is -3.91. The molecule has 5 nitrogen and oxygen atoms in total. The molecule has 3 aromatic rings. The van der Waals surface area contributed by atoms with Crippen LogP contribution in [-0.2, 0) is 10.0 Å². The summed E-state index contributed by atoms with van der Waals surface area (Å²) in [5, 5.41) is 5.50. The molecular formula is C19H19N3O2S. The molecule has 2 aromatic carbocycles. The lowest BCUT2D eigenvalue weighted by Gasteiger charge is -2.20. The summed E-state index contributed by atoms with van der Waals surface area (Å²) in [6.45, 7) is 4.14. The summed E-state index contributed by atoms with van der Waals surface area (Å²) in [6.07, 6.45) is 2.99. The SMILES string of the molecule is CC(C)c1ccc(S(N)(=O)=O)c(-c2ccncn2)c1-c1ccccc1. The number of aromatic nitrogens is 2. The van der Waals surface area contributed by atoms with Gasteiger partial charge < -0.3 is 0 Å². The Kier molecular flexibility index (Phi) is 4.65. The molecule has 0 spiro atoms. The number of benzene rings is 2. The lowest BCUT2D eigenvalue weighted by Crippen LogP contribution is -2.15. The van der Waals surface area contributed by atoms with E-state index < -0.39 is 10.0 Å². The average molecular weight is 353 g/mol. The van der Waals surface area contributed by atoms with E-state index in [1.165, 1.54) is 6.33 Å². The molecule has 0 unspecified atom stereocenters. The van der Waals surface area contributed by atoms with Gasteiger partial charge in [-0.1, -0.05) is 50.2 Å². The van der Waals surface area contributed by atoms with Crippen molar-refractivity contribution in [3.8, 4) is 22.4 Å². The highest BCUT2D eigenvalue weighted by atomic mass is 32.2. The molecule has 0 aliphatic rings. The van der Waals surface area contributed by atoms with Crippen molar-refractivity contribution < 1.29 is 8.42 Å². The van der Waals surface area contributed by atoms with Crippen molar-refractivity contribution in [3.63, 3.8) is 0 Å². The predicted octanol–water partition coefficient (Wildman–Crippen LogP) is 3.58. The third-order valence-electron chi connectivity index (χ3n) is 4.03. The molecule has 0 saturated carbocycles. The van der Waals surface area contributed by atoms with Crippen LogP contribution in [0.25, 0.3) is 22.4 Å². The van der Waals surface area contributed by atoms with E-state index in [4.69, 9.17) is 5.14 Å². The first-order valence-corrected chi connectivity index (χ1v) is 9.45. The maximum absolute atomic E-state index is 12.2. The number of sulfonamides is 1. The second kappa shape index (κ2) is 6.74. The van der Waals surface area contributed by atoms with Crippen molar-refractivity contribution in [3.05, 3.63) is 66.6 Å². The fraction of sp³-hybridized carbons (Fsp3) is 0.158. The number of nitrogens with zero attached hydrogens (tertiary/aromatic N) is 2. The summed E-state index contributed by atoms with van der Waals surface area (Å²) in [5.74, 6) is 0.199. The molecule has 0 saturated heterocycles. The Morgan fingerprint density at radius 1 is 0.960 bits per heavy atom. The Morgan fingerprint density at radius 3 is 2.24 bits per heavy atom. The molecule has 0 aliphatic carbocycles. The normalized spacial score (nSPS) is 11.7. The summed E-state index contributed by atoms with van der Waals surface area (Å²) in [7, 11) is -3.91. The van der Waals surface area contributed by atoms with Crippen molar-refractivity contribution in [2.24, 2.45) is 5.14 Å². The number of hydrogen-bond donors (Lipinski definition) is 1. The summed E-state index contributed by atoms with van der Waals surface area (Å²) < 4.78 is 24.5. The van der Waals surface area contributed by atoms with Crippen molar-refractivity contribution in [2.45, 2.75) is 24.7 Å². The van der Waals surface area contributed by atoms with Gasteiger partial charge in [0.05, 0.1) is 10.6 Å². The monoisotopic (exact) mass is 353 g/mol. The largest absolute Gasteiger partial charge is 0.245 e. The third-order valence-corrected chi connectivity index (χ3v) is 4.98. The molecule has 0 fully saturated rings. The summed E-state index contributed by atoms with van der Waals surface area (Å²) >= 11 is 0. The molecule has 1 heterocycles. The van der Waals surface area contributed by atoms with E-state index in [2.05, 4.69) is 23.8 Å². The van der Waals surface area contributed by atoms with E-state index >= 15 is 0 Å². The van der Waals surface area contributed by atoms with Crippen LogP contribution in [0.3, 0.4) is 0 Å². The number of nitrogens with two attached hydrogens (primary N) is 1. The zero-order valence-electron chi connectivity index (χ0n) is 14.0. The van der Waals surface area contributed by atoms with Crippen LogP contribution in [0, 0.1) is 0 Å². The van der Waals surface area contributed by atoms with Crippen molar-refractivity contribution in [1.82, 2.24) is 9.97 Å². The van der Waals surface area contributed by atoms with Crippen LogP contribution in [0.4, 0.5) is 0 Å². The molecule has 0 atom stereocenters. The van der Waals surface area contributed by atoms with Crippen LogP contribution in [0.2, 0.25) is 0 Å². The Balaban J connectivity index is 2.49. The first-order chi connectivity index (χ1) is 11.9. The molecular weight excluding hydrogens is 334 g/mol. The lowest BCUT2D eigenvalue weighted by molar-refractivity contribution is 0.598. The van der Waals surface area contributed by atoms with Gasteiger partial charge in [0.1, 0.15) is 6.33 Å². The van der Waals surface area contributed by atoms with Crippen molar-refractivity contribution >= 4 is 10.0 Å². The molecule has 0 amide bonds. The minimum Gasteiger partial charge on any atom is -0.245 e. The van der Waals surface area contributed by atoms with Crippen molar-refractivity contribution in [1.29, 1.82) is 0 Å². The summed E-state index contributed by atoms with van der Waals surface area (Å²) in [5.41, 5.74) is 3.83. The molecule has 2 N–H and O–H groups in total. The van der Waals surface area contributed by atoms with Crippen LogP contribution in [-0.4, -0.2) is 18.4 Å². The smallest absolute Gasteiger partial charge is 0.238 e. The Labute approximate surface area is 147 Å². The molecule has 0 radical (unpaired) electrons. The zero-order valence-corrected chi connectivity index (χ0v) is 14.9. The van der Waals surface area contributed by atoms with Gasteiger partial charge in [-0.25, -0.2) is 23.5 Å². The minimum absolute atomic E-state index is 0.0643. The average Bonchev–Trinajstić information content (AvgIpc) is 2.61. The van der Waals surface area contributed by atoms with E-state index in [-0.39, 0.29) is 10.8 Å². The first kappa shape index (κ1) is 17.3. The van der Waals surface area contributed by atoms with Gasteiger partial charge in [-0.05, 0) is 34.7 Å². The maximum Gasteiger partial charge on any atom is 0.238 e. The summed E-state index contributed by atoms with van der Waals surface area (Å²) in [4.78, 5) is 8.27. The first-order valence-electron chi connectivity index (χ1n) is 7.91. The van der Waals surface area contributed by atoms with Gasteiger partial charge in [-0.2, -0.15) is 0 Å². The van der Waals surface area contributed by atoms with Crippen LogP contribution >= 0.6 is 0 Å². The molecule has 0 bridgehead atoms. The fourth-order valence-corrected chi connectivity index (χ4v) is 3.68. The maximum atomic E-state index is 12.2. The van der Waals surface area contributed by atoms with E-state index in [0.29, 0.717) is 11.3 Å². The van der Waals surface area contributed by atoms with Gasteiger partial charge in [0.2, 0.25) is 10.0 Å². The highest BCUT2D eigenvalue weighted by molar-refractivity contribution is 7.89. The van der Waals surface area contributed by atoms with E-state index in [0.717, 1.165) is 16.7 Å². The molecule has 0 aliphatic heterocycles. The topological polar surface area (TPSA) is 85.9 Å². The summed E-state index contributed by atoms with van der Waals surface area (Å²) in [6, 6.07) is 14.8. The lowest BCUT2D eigenvalue weighted by atomic mass is 9.87. The number of rotatable bonds is 4. The van der Waals surface area contributed by atoms with Crippen molar-refractivity contribution in [2.75, 3.05) is 0 Å². The van der Waals surface area contributed by atoms with Gasteiger partial charge in [0, 0.05) is 11.8 Å². The van der Waals surface area contributed by atoms with Crippen LogP contribution in [0.5, 0.6) is 0 Å². The highest BCUT2D eigenvalue weighted by Crippen LogP contribution is 2.40. The van der Waals surface area contributed by atoms with E-state index in [1.807, 2.05) is 36.4 Å². The van der Waals surface area contributed by atoms with Crippen LogP contribution < -0.4 is 5.14 Å². The predicted molar refractivity (Wildman–Crippen MR) is 98.4 cm³/mol. The second-order valence-electron chi connectivity index (χ2n) is 6.06. The molecule has 128 valence electrons. The number of hydrogen-bond acceptors (Lipinski definition) is 4. The third kappa shape index (κ3) is 3.45. The number of primary sulfonamides is 1. The van der Waals surface area contributed by atoms with E-state index in [1.54, 1.807) is 18.3 Å². The Hall–Kier alpha value is -2.57. The molecule has 3 rings (SSSR count). The van der Waals surface area contributed by atoms with Gasteiger partial charge in [-0.3, -0.25) is 0 Å². The highest BCUT2D eigenvalue weighted by Gasteiger charge is 2.24. The van der Waals surface area contributed by atoms with Crippen LogP contribution in [0.15, 0.2) is 66.0 Å². The second-order valence-corrected chi connectivity index (χ2v) is 7.59.